The highest BCUT2D eigenvalue weighted by Crippen LogP contribution is 2.27. The molecule has 1 aliphatic rings. The SMILES string of the molecule is CC(C)C(O)CC(=O)NCCCc1nc2c(s1)CCCC2. The number of aliphatic hydroxyl groups is 1. The van der Waals surface area contributed by atoms with Crippen LogP contribution < -0.4 is 5.32 Å². The van der Waals surface area contributed by atoms with Gasteiger partial charge < -0.3 is 10.4 Å². The molecule has 1 aliphatic carbocycles. The maximum absolute atomic E-state index is 11.6. The molecule has 0 spiro atoms. The Hall–Kier alpha value is -0.940. The Balaban J connectivity index is 1.65. The Kier molecular flexibility index (Phi) is 6.18. The largest absolute Gasteiger partial charge is 0.392 e. The maximum Gasteiger partial charge on any atom is 0.222 e. The Morgan fingerprint density at radius 1 is 1.38 bits per heavy atom. The summed E-state index contributed by atoms with van der Waals surface area (Å²) >= 11 is 1.84. The minimum Gasteiger partial charge on any atom is -0.392 e. The highest BCUT2D eigenvalue weighted by molar-refractivity contribution is 7.11. The second-order valence-electron chi connectivity index (χ2n) is 6.15. The van der Waals surface area contributed by atoms with Gasteiger partial charge in [0.15, 0.2) is 0 Å². The average molecular weight is 310 g/mol. The Morgan fingerprint density at radius 2 is 2.14 bits per heavy atom. The van der Waals surface area contributed by atoms with Gasteiger partial charge in [0, 0.05) is 17.8 Å². The molecule has 0 bridgehead atoms. The zero-order chi connectivity index (χ0) is 15.2. The number of hydrogen-bond acceptors (Lipinski definition) is 4. The standard InChI is InChI=1S/C16H26N2O2S/c1-11(2)13(19)10-15(20)17-9-5-8-16-18-12-6-3-4-7-14(12)21-16/h11,13,19H,3-10H2,1-2H3,(H,17,20). The fourth-order valence-corrected chi connectivity index (χ4v) is 3.68. The fourth-order valence-electron chi connectivity index (χ4n) is 2.48. The van der Waals surface area contributed by atoms with Crippen LogP contribution in [0.25, 0.3) is 0 Å². The van der Waals surface area contributed by atoms with Crippen molar-refractivity contribution in [2.45, 2.75) is 64.9 Å². The monoisotopic (exact) mass is 310 g/mol. The molecule has 21 heavy (non-hydrogen) atoms. The first kappa shape index (κ1) is 16.4. The molecule has 0 saturated heterocycles. The van der Waals surface area contributed by atoms with Crippen molar-refractivity contribution in [1.29, 1.82) is 0 Å². The van der Waals surface area contributed by atoms with Gasteiger partial charge in [-0.2, -0.15) is 0 Å². The van der Waals surface area contributed by atoms with Crippen molar-refractivity contribution >= 4 is 17.2 Å². The lowest BCUT2D eigenvalue weighted by molar-refractivity contribution is -0.123. The number of thiazole rings is 1. The fraction of sp³-hybridized carbons (Fsp3) is 0.750. The van der Waals surface area contributed by atoms with Crippen molar-refractivity contribution in [2.75, 3.05) is 6.54 Å². The molecular formula is C16H26N2O2S. The summed E-state index contributed by atoms with van der Waals surface area (Å²) in [4.78, 5) is 17.8. The Morgan fingerprint density at radius 3 is 2.86 bits per heavy atom. The molecule has 1 unspecified atom stereocenters. The normalized spacial score (nSPS) is 15.8. The van der Waals surface area contributed by atoms with Gasteiger partial charge in [-0.25, -0.2) is 4.98 Å². The van der Waals surface area contributed by atoms with Crippen molar-refractivity contribution in [3.63, 3.8) is 0 Å². The van der Waals surface area contributed by atoms with Gasteiger partial charge in [-0.15, -0.1) is 11.3 Å². The number of rotatable bonds is 7. The van der Waals surface area contributed by atoms with Gasteiger partial charge in [-0.1, -0.05) is 13.8 Å². The first-order chi connectivity index (χ1) is 10.1. The average Bonchev–Trinajstić information content (AvgIpc) is 2.86. The number of carbonyl (C=O) groups is 1. The number of nitrogens with one attached hydrogen (secondary N) is 1. The summed E-state index contributed by atoms with van der Waals surface area (Å²) < 4.78 is 0. The topological polar surface area (TPSA) is 62.2 Å². The summed E-state index contributed by atoms with van der Waals surface area (Å²) in [5, 5.41) is 13.7. The van der Waals surface area contributed by atoms with Gasteiger partial charge in [-0.05, 0) is 38.0 Å². The Labute approximate surface area is 131 Å². The van der Waals surface area contributed by atoms with Gasteiger partial charge in [-0.3, -0.25) is 4.79 Å². The molecule has 118 valence electrons. The van der Waals surface area contributed by atoms with E-state index in [-0.39, 0.29) is 18.2 Å². The van der Waals surface area contributed by atoms with Crippen LogP contribution in [-0.2, 0) is 24.1 Å². The van der Waals surface area contributed by atoms with Gasteiger partial charge in [0.2, 0.25) is 5.91 Å². The first-order valence-corrected chi connectivity index (χ1v) is 8.80. The zero-order valence-electron chi connectivity index (χ0n) is 13.0. The van der Waals surface area contributed by atoms with Crippen LogP contribution in [0.4, 0.5) is 0 Å². The predicted molar refractivity (Wildman–Crippen MR) is 85.5 cm³/mol. The number of fused-ring (bicyclic) bond motifs is 1. The molecule has 0 radical (unpaired) electrons. The van der Waals surface area contributed by atoms with Crippen LogP contribution in [-0.4, -0.2) is 28.6 Å². The molecular weight excluding hydrogens is 284 g/mol. The van der Waals surface area contributed by atoms with Crippen molar-refractivity contribution < 1.29 is 9.90 Å². The number of aromatic nitrogens is 1. The summed E-state index contributed by atoms with van der Waals surface area (Å²) in [5.41, 5.74) is 1.31. The highest BCUT2D eigenvalue weighted by Gasteiger charge is 2.15. The van der Waals surface area contributed by atoms with Crippen LogP contribution in [0.1, 0.15) is 55.1 Å². The van der Waals surface area contributed by atoms with Crippen molar-refractivity contribution in [3.05, 3.63) is 15.6 Å². The van der Waals surface area contributed by atoms with E-state index in [4.69, 9.17) is 4.98 Å². The van der Waals surface area contributed by atoms with Crippen LogP contribution in [0, 0.1) is 5.92 Å². The molecule has 0 saturated carbocycles. The Bertz CT molecular complexity index is 447. The highest BCUT2D eigenvalue weighted by atomic mass is 32.1. The molecule has 1 atom stereocenters. The molecule has 1 aromatic rings. The molecule has 2 rings (SSSR count). The number of nitrogens with zero attached hydrogens (tertiary/aromatic N) is 1. The molecule has 1 aromatic heterocycles. The third kappa shape index (κ3) is 5.08. The number of aliphatic hydroxyl groups excluding tert-OH is 1. The maximum atomic E-state index is 11.6. The molecule has 2 N–H and O–H groups in total. The smallest absolute Gasteiger partial charge is 0.222 e. The molecule has 5 heteroatoms. The van der Waals surface area contributed by atoms with Crippen LogP contribution in [0.5, 0.6) is 0 Å². The zero-order valence-corrected chi connectivity index (χ0v) is 13.8. The lowest BCUT2D eigenvalue weighted by Gasteiger charge is -2.13. The molecule has 0 aromatic carbocycles. The molecule has 1 heterocycles. The van der Waals surface area contributed by atoms with Crippen LogP contribution >= 0.6 is 11.3 Å². The van der Waals surface area contributed by atoms with E-state index in [1.54, 1.807) is 0 Å². The van der Waals surface area contributed by atoms with Crippen molar-refractivity contribution in [3.8, 4) is 0 Å². The minimum atomic E-state index is -0.546. The molecule has 1 amide bonds. The van der Waals surface area contributed by atoms with E-state index in [2.05, 4.69) is 5.32 Å². The van der Waals surface area contributed by atoms with E-state index in [9.17, 15) is 9.90 Å². The van der Waals surface area contributed by atoms with E-state index >= 15 is 0 Å². The van der Waals surface area contributed by atoms with E-state index < -0.39 is 6.10 Å². The lowest BCUT2D eigenvalue weighted by Crippen LogP contribution is -2.30. The van der Waals surface area contributed by atoms with Crippen LogP contribution in [0.15, 0.2) is 0 Å². The molecule has 0 fully saturated rings. The summed E-state index contributed by atoms with van der Waals surface area (Å²) in [6.07, 6.45) is 6.39. The third-order valence-corrected chi connectivity index (χ3v) is 5.16. The molecule has 4 nitrogen and oxygen atoms in total. The summed E-state index contributed by atoms with van der Waals surface area (Å²) in [6.45, 7) is 4.50. The lowest BCUT2D eigenvalue weighted by atomic mass is 10.0. The summed E-state index contributed by atoms with van der Waals surface area (Å²) in [6, 6.07) is 0. The molecule has 0 aliphatic heterocycles. The van der Waals surface area contributed by atoms with Crippen LogP contribution in [0.2, 0.25) is 0 Å². The van der Waals surface area contributed by atoms with Gasteiger partial charge in [0.05, 0.1) is 23.2 Å². The number of aryl methyl sites for hydroxylation is 3. The summed E-state index contributed by atoms with van der Waals surface area (Å²) in [5.74, 6) is 0.0621. The third-order valence-electron chi connectivity index (χ3n) is 3.94. The second kappa shape index (κ2) is 7.90. The number of hydrogen-bond donors (Lipinski definition) is 2. The van der Waals surface area contributed by atoms with Crippen molar-refractivity contribution in [2.24, 2.45) is 5.92 Å². The first-order valence-electron chi connectivity index (χ1n) is 7.98. The van der Waals surface area contributed by atoms with Crippen molar-refractivity contribution in [1.82, 2.24) is 10.3 Å². The summed E-state index contributed by atoms with van der Waals surface area (Å²) in [7, 11) is 0. The number of amides is 1. The van der Waals surface area contributed by atoms with E-state index in [0.29, 0.717) is 6.54 Å². The quantitative estimate of drug-likeness (QED) is 0.761. The van der Waals surface area contributed by atoms with Crippen LogP contribution in [0.3, 0.4) is 0 Å². The van der Waals surface area contributed by atoms with Gasteiger partial charge in [0.1, 0.15) is 0 Å². The van der Waals surface area contributed by atoms with Gasteiger partial charge >= 0.3 is 0 Å². The van der Waals surface area contributed by atoms with E-state index in [1.807, 2.05) is 25.2 Å². The van der Waals surface area contributed by atoms with E-state index in [0.717, 1.165) is 19.3 Å². The predicted octanol–water partition coefficient (Wildman–Crippen LogP) is 2.48. The number of carbonyl (C=O) groups excluding carboxylic acids is 1. The van der Waals surface area contributed by atoms with Gasteiger partial charge in [0.25, 0.3) is 0 Å². The minimum absolute atomic E-state index is 0.0605. The van der Waals surface area contributed by atoms with E-state index in [1.165, 1.54) is 34.8 Å². The second-order valence-corrected chi connectivity index (χ2v) is 7.32.